The van der Waals surface area contributed by atoms with Gasteiger partial charge in [-0.15, -0.1) is 0 Å². The average molecular weight is 344 g/mol. The van der Waals surface area contributed by atoms with E-state index in [1.165, 1.54) is 6.07 Å². The van der Waals surface area contributed by atoms with Gasteiger partial charge in [-0.2, -0.15) is 0 Å². The molecule has 0 fully saturated rings. The van der Waals surface area contributed by atoms with E-state index in [2.05, 4.69) is 4.98 Å². The van der Waals surface area contributed by atoms with Gasteiger partial charge in [0.05, 0.1) is 0 Å². The van der Waals surface area contributed by atoms with Crippen LogP contribution in [0.2, 0.25) is 0 Å². The number of hydrogen-bond donors (Lipinski definition) is 1. The zero-order valence-electron chi connectivity index (χ0n) is 14.2. The van der Waals surface area contributed by atoms with Gasteiger partial charge in [0.2, 0.25) is 5.88 Å². The van der Waals surface area contributed by atoms with Gasteiger partial charge in [0.1, 0.15) is 11.6 Å². The Morgan fingerprint density at radius 3 is 2.23 bits per heavy atom. The summed E-state index contributed by atoms with van der Waals surface area (Å²) < 4.78 is 20.4. The van der Waals surface area contributed by atoms with Crippen LogP contribution in [0.5, 0.6) is 11.6 Å². The topological polar surface area (TPSA) is 48.1 Å². The maximum atomic E-state index is 14.4. The van der Waals surface area contributed by atoms with E-state index >= 15 is 0 Å². The van der Waals surface area contributed by atoms with E-state index in [-0.39, 0.29) is 5.82 Å². The van der Waals surface area contributed by atoms with Crippen LogP contribution in [0.25, 0.3) is 21.9 Å². The van der Waals surface area contributed by atoms with Crippen LogP contribution in [0, 0.1) is 12.7 Å². The fraction of sp³-hybridized carbons (Fsp3) is 0.0455. The molecule has 0 unspecified atom stereocenters. The Hall–Kier alpha value is -3.40. The first kappa shape index (κ1) is 16.1. The first-order valence-corrected chi connectivity index (χ1v) is 8.31. The summed E-state index contributed by atoms with van der Waals surface area (Å²) in [5, 5.41) is 1.73. The highest BCUT2D eigenvalue weighted by Gasteiger charge is 2.16. The molecule has 0 radical (unpaired) electrons. The largest absolute Gasteiger partial charge is 0.438 e. The summed E-state index contributed by atoms with van der Waals surface area (Å²) in [7, 11) is 0. The van der Waals surface area contributed by atoms with Crippen LogP contribution in [0.1, 0.15) is 5.69 Å². The number of pyridine rings is 1. The van der Waals surface area contributed by atoms with Crippen molar-refractivity contribution in [2.75, 3.05) is 5.73 Å². The number of nitrogen functional groups attached to an aromatic ring is 1. The Balaban J connectivity index is 1.91. The minimum Gasteiger partial charge on any atom is -0.438 e. The van der Waals surface area contributed by atoms with Crippen molar-refractivity contribution in [2.45, 2.75) is 6.92 Å². The number of aromatic nitrogens is 1. The summed E-state index contributed by atoms with van der Waals surface area (Å²) >= 11 is 0. The second-order valence-corrected chi connectivity index (χ2v) is 6.07. The number of ether oxygens (including phenoxy) is 1. The van der Waals surface area contributed by atoms with E-state index in [9.17, 15) is 4.39 Å². The molecular weight excluding hydrogens is 327 g/mol. The highest BCUT2D eigenvalue weighted by atomic mass is 19.1. The highest BCUT2D eigenvalue weighted by Crippen LogP contribution is 2.37. The number of anilines is 1. The van der Waals surface area contributed by atoms with Crippen LogP contribution in [0.4, 0.5) is 10.1 Å². The lowest BCUT2D eigenvalue weighted by Gasteiger charge is -2.15. The van der Waals surface area contributed by atoms with Crippen LogP contribution >= 0.6 is 0 Å². The lowest BCUT2D eigenvalue weighted by Crippen LogP contribution is -1.97. The molecule has 0 aliphatic heterocycles. The third-order valence-corrected chi connectivity index (χ3v) is 4.30. The molecule has 26 heavy (non-hydrogen) atoms. The van der Waals surface area contributed by atoms with E-state index in [1.807, 2.05) is 37.3 Å². The summed E-state index contributed by atoms with van der Waals surface area (Å²) in [6.07, 6.45) is 0. The molecule has 0 atom stereocenters. The van der Waals surface area contributed by atoms with E-state index in [0.29, 0.717) is 28.6 Å². The number of halogens is 1. The highest BCUT2D eigenvalue weighted by molar-refractivity contribution is 6.00. The fourth-order valence-electron chi connectivity index (χ4n) is 3.08. The third kappa shape index (κ3) is 2.86. The molecule has 0 bridgehead atoms. The van der Waals surface area contributed by atoms with Crippen molar-refractivity contribution in [2.24, 2.45) is 0 Å². The first-order chi connectivity index (χ1) is 12.6. The predicted molar refractivity (Wildman–Crippen MR) is 103 cm³/mol. The molecule has 3 nitrogen and oxygen atoms in total. The Morgan fingerprint density at radius 2 is 1.50 bits per heavy atom. The molecule has 0 saturated heterocycles. The van der Waals surface area contributed by atoms with Gasteiger partial charge in [0.15, 0.2) is 0 Å². The van der Waals surface area contributed by atoms with Crippen molar-refractivity contribution in [1.82, 2.24) is 4.98 Å². The number of benzene rings is 3. The molecule has 4 rings (SSSR count). The molecule has 0 aliphatic rings. The molecule has 1 heterocycles. The lowest BCUT2D eigenvalue weighted by molar-refractivity contribution is 0.468. The molecule has 0 aliphatic carbocycles. The Kier molecular flexibility index (Phi) is 4.01. The Morgan fingerprint density at radius 1 is 0.846 bits per heavy atom. The van der Waals surface area contributed by atoms with E-state index in [4.69, 9.17) is 10.5 Å². The van der Waals surface area contributed by atoms with Crippen LogP contribution in [0.15, 0.2) is 72.8 Å². The fourth-order valence-corrected chi connectivity index (χ4v) is 3.08. The second-order valence-electron chi connectivity index (χ2n) is 6.07. The molecular formula is C22H17FN2O. The summed E-state index contributed by atoms with van der Waals surface area (Å²) in [6.45, 7) is 1.87. The van der Waals surface area contributed by atoms with Crippen molar-refractivity contribution >= 4 is 16.5 Å². The van der Waals surface area contributed by atoms with Gasteiger partial charge in [-0.1, -0.05) is 36.4 Å². The Bertz CT molecular complexity index is 1090. The Labute approximate surface area is 150 Å². The number of hydrogen-bond acceptors (Lipinski definition) is 3. The van der Waals surface area contributed by atoms with Crippen molar-refractivity contribution < 1.29 is 9.13 Å². The van der Waals surface area contributed by atoms with Gasteiger partial charge in [-0.25, -0.2) is 9.37 Å². The molecule has 4 aromatic rings. The molecule has 2 N–H and O–H groups in total. The molecule has 0 saturated carbocycles. The van der Waals surface area contributed by atoms with Gasteiger partial charge >= 0.3 is 0 Å². The van der Waals surface area contributed by atoms with E-state index in [1.54, 1.807) is 36.4 Å². The SMILES string of the molecule is Cc1nc(Oc2ccc(N)cc2)c2ccccc2c1-c1ccccc1F. The maximum Gasteiger partial charge on any atom is 0.227 e. The molecule has 0 amide bonds. The monoisotopic (exact) mass is 344 g/mol. The maximum absolute atomic E-state index is 14.4. The number of aryl methyl sites for hydroxylation is 1. The van der Waals surface area contributed by atoms with Gasteiger partial charge in [0.25, 0.3) is 0 Å². The zero-order chi connectivity index (χ0) is 18.1. The molecule has 4 heteroatoms. The van der Waals surface area contributed by atoms with Crippen molar-refractivity contribution in [3.63, 3.8) is 0 Å². The number of fused-ring (bicyclic) bond motifs is 1. The minimum atomic E-state index is -0.269. The molecule has 128 valence electrons. The van der Waals surface area contributed by atoms with Crippen LogP contribution in [-0.2, 0) is 0 Å². The van der Waals surface area contributed by atoms with Crippen LogP contribution in [0.3, 0.4) is 0 Å². The van der Waals surface area contributed by atoms with Gasteiger partial charge in [-0.05, 0) is 48.7 Å². The van der Waals surface area contributed by atoms with Crippen molar-refractivity contribution in [3.05, 3.63) is 84.3 Å². The molecule has 0 spiro atoms. The van der Waals surface area contributed by atoms with Crippen molar-refractivity contribution in [1.29, 1.82) is 0 Å². The van der Waals surface area contributed by atoms with Crippen molar-refractivity contribution in [3.8, 4) is 22.8 Å². The average Bonchev–Trinajstić information content (AvgIpc) is 2.65. The number of rotatable bonds is 3. The quantitative estimate of drug-likeness (QED) is 0.483. The van der Waals surface area contributed by atoms with Crippen LogP contribution < -0.4 is 10.5 Å². The second kappa shape index (κ2) is 6.48. The van der Waals surface area contributed by atoms with Gasteiger partial charge < -0.3 is 10.5 Å². The predicted octanol–water partition coefficient (Wildman–Crippen LogP) is 5.72. The first-order valence-electron chi connectivity index (χ1n) is 8.31. The third-order valence-electron chi connectivity index (χ3n) is 4.30. The van der Waals surface area contributed by atoms with Gasteiger partial charge in [-0.3, -0.25) is 0 Å². The summed E-state index contributed by atoms with van der Waals surface area (Å²) in [6, 6.07) is 21.6. The lowest BCUT2D eigenvalue weighted by atomic mass is 9.97. The minimum absolute atomic E-state index is 0.269. The summed E-state index contributed by atoms with van der Waals surface area (Å²) in [5.74, 6) is 0.868. The van der Waals surface area contributed by atoms with E-state index in [0.717, 1.165) is 16.3 Å². The van der Waals surface area contributed by atoms with Gasteiger partial charge in [0, 0.05) is 27.9 Å². The summed E-state index contributed by atoms with van der Waals surface area (Å²) in [5.41, 5.74) is 8.42. The van der Waals surface area contributed by atoms with E-state index < -0.39 is 0 Å². The smallest absolute Gasteiger partial charge is 0.227 e. The van der Waals surface area contributed by atoms with Crippen LogP contribution in [-0.4, -0.2) is 4.98 Å². The zero-order valence-corrected chi connectivity index (χ0v) is 14.2. The number of nitrogens with zero attached hydrogens (tertiary/aromatic N) is 1. The number of nitrogens with two attached hydrogens (primary N) is 1. The normalized spacial score (nSPS) is 10.8. The molecule has 3 aromatic carbocycles. The summed E-state index contributed by atoms with van der Waals surface area (Å²) in [4.78, 5) is 4.62. The molecule has 1 aromatic heterocycles. The standard InChI is InChI=1S/C22H17FN2O/c1-14-21(19-8-4-5-9-20(19)23)17-6-2-3-7-18(17)22(25-14)26-16-12-10-15(24)11-13-16/h2-13H,24H2,1H3.